The maximum atomic E-state index is 13.1. The molecule has 1 aliphatic carbocycles. The molecule has 0 fully saturated rings. The topological polar surface area (TPSA) is 26.3 Å². The van der Waals surface area contributed by atoms with Crippen molar-refractivity contribution in [3.8, 4) is 5.75 Å². The van der Waals surface area contributed by atoms with Gasteiger partial charge in [0, 0.05) is 22.6 Å². The van der Waals surface area contributed by atoms with Crippen LogP contribution < -0.4 is 4.74 Å². The number of Topliss-reactive ketones (excluding diaryl/α,β-unsaturated/α-hetero) is 1. The molecule has 1 aliphatic rings. The van der Waals surface area contributed by atoms with Crippen LogP contribution in [0.15, 0.2) is 84.4 Å². The van der Waals surface area contributed by atoms with Crippen molar-refractivity contribution in [3.63, 3.8) is 0 Å². The molecule has 0 heterocycles. The van der Waals surface area contributed by atoms with E-state index < -0.39 is 0 Å². The molecule has 1 unspecified atom stereocenters. The first kappa shape index (κ1) is 15.4. The van der Waals surface area contributed by atoms with Crippen LogP contribution in [0.25, 0.3) is 6.08 Å². The Bertz CT molecular complexity index is 955. The maximum Gasteiger partial charge on any atom is 0.190 e. The average Bonchev–Trinajstić information content (AvgIpc) is 2.95. The van der Waals surface area contributed by atoms with Crippen LogP contribution in [-0.2, 0) is 0 Å². The van der Waals surface area contributed by atoms with Gasteiger partial charge in [-0.2, -0.15) is 0 Å². The summed E-state index contributed by atoms with van der Waals surface area (Å²) < 4.78 is 5.45. The summed E-state index contributed by atoms with van der Waals surface area (Å²) in [5.74, 6) is 0.815. The number of hydrogen-bond donors (Lipinski definition) is 0. The van der Waals surface area contributed by atoms with Crippen LogP contribution in [0.2, 0.25) is 0 Å². The van der Waals surface area contributed by atoms with E-state index in [-0.39, 0.29) is 11.7 Å². The first-order valence-electron chi connectivity index (χ1n) is 8.33. The molecule has 0 saturated heterocycles. The van der Waals surface area contributed by atoms with Gasteiger partial charge in [-0.25, -0.2) is 0 Å². The zero-order chi connectivity index (χ0) is 17.2. The summed E-state index contributed by atoms with van der Waals surface area (Å²) in [6, 6.07) is 25.8. The summed E-state index contributed by atoms with van der Waals surface area (Å²) in [5, 5.41) is 0. The summed E-state index contributed by atoms with van der Waals surface area (Å²) in [6.07, 6.45) is 1.97. The Morgan fingerprint density at radius 2 is 1.52 bits per heavy atom. The number of hydrogen-bond acceptors (Lipinski definition) is 2. The monoisotopic (exact) mass is 326 g/mol. The van der Waals surface area contributed by atoms with Crippen LogP contribution in [0.4, 0.5) is 0 Å². The standard InChI is InChI=1S/C23H18O2/c1-25-21-14-8-5-11-17(21)15-20-22(16-9-3-2-4-10-16)18-12-6-7-13-19(18)23(20)24/h2-15,22H,1H3. The summed E-state index contributed by atoms with van der Waals surface area (Å²) in [5.41, 5.74) is 4.69. The second-order valence-corrected chi connectivity index (χ2v) is 6.10. The van der Waals surface area contributed by atoms with Crippen LogP contribution in [0.5, 0.6) is 5.75 Å². The second-order valence-electron chi connectivity index (χ2n) is 6.10. The minimum absolute atomic E-state index is 0.0465. The van der Waals surface area contributed by atoms with E-state index >= 15 is 0 Å². The van der Waals surface area contributed by atoms with Crippen LogP contribution in [0, 0.1) is 0 Å². The van der Waals surface area contributed by atoms with E-state index in [1.807, 2.05) is 72.8 Å². The second kappa shape index (κ2) is 6.40. The summed E-state index contributed by atoms with van der Waals surface area (Å²) >= 11 is 0. The molecule has 25 heavy (non-hydrogen) atoms. The lowest BCUT2D eigenvalue weighted by Gasteiger charge is -2.14. The zero-order valence-electron chi connectivity index (χ0n) is 14.0. The van der Waals surface area contributed by atoms with Gasteiger partial charge in [0.1, 0.15) is 5.75 Å². The Kier molecular flexibility index (Phi) is 3.95. The van der Waals surface area contributed by atoms with Crippen molar-refractivity contribution in [1.29, 1.82) is 0 Å². The zero-order valence-corrected chi connectivity index (χ0v) is 14.0. The van der Waals surface area contributed by atoms with Crippen molar-refractivity contribution in [3.05, 3.63) is 107 Å². The van der Waals surface area contributed by atoms with Crippen molar-refractivity contribution in [2.75, 3.05) is 7.11 Å². The lowest BCUT2D eigenvalue weighted by atomic mass is 9.89. The van der Waals surface area contributed by atoms with E-state index in [1.165, 1.54) is 0 Å². The van der Waals surface area contributed by atoms with Crippen LogP contribution in [0.3, 0.4) is 0 Å². The number of methoxy groups -OCH3 is 1. The fourth-order valence-electron chi connectivity index (χ4n) is 3.52. The SMILES string of the molecule is COc1ccccc1C=C1C(=O)c2ccccc2C1c1ccccc1. The Hall–Kier alpha value is -3.13. The highest BCUT2D eigenvalue weighted by atomic mass is 16.5. The fraction of sp³-hybridized carbons (Fsp3) is 0.0870. The molecule has 2 nitrogen and oxygen atoms in total. The number of fused-ring (bicyclic) bond motifs is 1. The smallest absolute Gasteiger partial charge is 0.190 e. The molecular weight excluding hydrogens is 308 g/mol. The van der Waals surface area contributed by atoms with E-state index in [9.17, 15) is 4.79 Å². The first-order chi connectivity index (χ1) is 12.3. The van der Waals surface area contributed by atoms with Gasteiger partial charge in [0.15, 0.2) is 5.78 Å². The number of ether oxygens (including phenoxy) is 1. The highest BCUT2D eigenvalue weighted by molar-refractivity contribution is 6.17. The van der Waals surface area contributed by atoms with Crippen molar-refractivity contribution in [1.82, 2.24) is 0 Å². The van der Waals surface area contributed by atoms with Gasteiger partial charge >= 0.3 is 0 Å². The Balaban J connectivity index is 1.91. The van der Waals surface area contributed by atoms with E-state index in [0.717, 1.165) is 33.6 Å². The average molecular weight is 326 g/mol. The molecule has 4 rings (SSSR count). The molecule has 3 aromatic carbocycles. The third kappa shape index (κ3) is 2.66. The molecule has 122 valence electrons. The van der Waals surface area contributed by atoms with E-state index in [4.69, 9.17) is 4.74 Å². The van der Waals surface area contributed by atoms with Gasteiger partial charge in [0.05, 0.1) is 7.11 Å². The largest absolute Gasteiger partial charge is 0.496 e. The molecule has 1 atom stereocenters. The first-order valence-corrected chi connectivity index (χ1v) is 8.33. The number of allylic oxidation sites excluding steroid dienone is 1. The molecule has 3 aromatic rings. The van der Waals surface area contributed by atoms with Gasteiger partial charge < -0.3 is 4.74 Å². The van der Waals surface area contributed by atoms with E-state index in [1.54, 1.807) is 7.11 Å². The third-order valence-electron chi connectivity index (χ3n) is 4.67. The van der Waals surface area contributed by atoms with Crippen LogP contribution in [0.1, 0.15) is 33.0 Å². The van der Waals surface area contributed by atoms with Gasteiger partial charge in [0.2, 0.25) is 0 Å². The normalized spacial score (nSPS) is 17.6. The highest BCUT2D eigenvalue weighted by Crippen LogP contribution is 2.43. The van der Waals surface area contributed by atoms with Gasteiger partial charge in [-0.15, -0.1) is 0 Å². The third-order valence-corrected chi connectivity index (χ3v) is 4.67. The minimum Gasteiger partial charge on any atom is -0.496 e. The predicted octanol–water partition coefficient (Wildman–Crippen LogP) is 5.11. The molecule has 0 saturated carbocycles. The predicted molar refractivity (Wildman–Crippen MR) is 100 cm³/mol. The molecule has 0 bridgehead atoms. The van der Waals surface area contributed by atoms with Crippen molar-refractivity contribution in [2.45, 2.75) is 5.92 Å². The van der Waals surface area contributed by atoms with E-state index in [0.29, 0.717) is 0 Å². The lowest BCUT2D eigenvalue weighted by Crippen LogP contribution is -2.02. The van der Waals surface area contributed by atoms with Crippen LogP contribution >= 0.6 is 0 Å². The quantitative estimate of drug-likeness (QED) is 0.625. The van der Waals surface area contributed by atoms with Crippen molar-refractivity contribution < 1.29 is 9.53 Å². The molecular formula is C23H18O2. The lowest BCUT2D eigenvalue weighted by molar-refractivity contribution is 0.103. The van der Waals surface area contributed by atoms with E-state index in [2.05, 4.69) is 12.1 Å². The Morgan fingerprint density at radius 3 is 2.32 bits per heavy atom. The van der Waals surface area contributed by atoms with Crippen LogP contribution in [-0.4, -0.2) is 12.9 Å². The molecule has 0 amide bonds. The van der Waals surface area contributed by atoms with Gasteiger partial charge in [-0.05, 0) is 23.3 Å². The maximum absolute atomic E-state index is 13.1. The molecule has 0 N–H and O–H groups in total. The van der Waals surface area contributed by atoms with Gasteiger partial charge in [-0.3, -0.25) is 4.79 Å². The highest BCUT2D eigenvalue weighted by Gasteiger charge is 2.35. The van der Waals surface area contributed by atoms with Gasteiger partial charge in [0.25, 0.3) is 0 Å². The summed E-state index contributed by atoms with van der Waals surface area (Å²) in [4.78, 5) is 13.1. The number of para-hydroxylation sites is 1. The fourth-order valence-corrected chi connectivity index (χ4v) is 3.52. The van der Waals surface area contributed by atoms with Gasteiger partial charge in [-0.1, -0.05) is 72.8 Å². The van der Waals surface area contributed by atoms with Crippen molar-refractivity contribution >= 4 is 11.9 Å². The number of benzene rings is 3. The molecule has 2 heteroatoms. The Labute approximate surface area is 147 Å². The number of rotatable bonds is 3. The Morgan fingerprint density at radius 1 is 0.840 bits per heavy atom. The molecule has 0 radical (unpaired) electrons. The molecule has 0 aliphatic heterocycles. The number of carbonyl (C=O) groups is 1. The number of carbonyl (C=O) groups excluding carboxylic acids is 1. The summed E-state index contributed by atoms with van der Waals surface area (Å²) in [7, 11) is 1.65. The molecule has 0 aromatic heterocycles. The summed E-state index contributed by atoms with van der Waals surface area (Å²) in [6.45, 7) is 0. The number of ketones is 1. The minimum atomic E-state index is -0.0465. The molecule has 0 spiro atoms. The van der Waals surface area contributed by atoms with Crippen molar-refractivity contribution in [2.24, 2.45) is 0 Å².